The molecule has 24 heavy (non-hydrogen) atoms. The molecular formula is C18H19FN2O3. The Hall–Kier alpha value is -2.89. The van der Waals surface area contributed by atoms with Gasteiger partial charge in [-0.05, 0) is 49.7 Å². The highest BCUT2D eigenvalue weighted by atomic mass is 19.1. The number of carbonyl (C=O) groups excluding carboxylic acids is 2. The lowest BCUT2D eigenvalue weighted by atomic mass is 10.2. The van der Waals surface area contributed by atoms with E-state index in [2.05, 4.69) is 10.6 Å². The van der Waals surface area contributed by atoms with Crippen LogP contribution in [0.3, 0.4) is 0 Å². The lowest BCUT2D eigenvalue weighted by molar-refractivity contribution is -0.122. The van der Waals surface area contributed by atoms with Gasteiger partial charge in [0.1, 0.15) is 11.6 Å². The van der Waals surface area contributed by atoms with Crippen molar-refractivity contribution in [3.05, 3.63) is 53.8 Å². The van der Waals surface area contributed by atoms with Crippen LogP contribution in [0.2, 0.25) is 0 Å². The molecule has 2 aromatic rings. The number of ether oxygens (including phenoxy) is 1. The number of benzene rings is 2. The van der Waals surface area contributed by atoms with Gasteiger partial charge in [-0.1, -0.05) is 12.1 Å². The summed E-state index contributed by atoms with van der Waals surface area (Å²) in [4.78, 5) is 23.3. The number of halogens is 1. The Kier molecular flexibility index (Phi) is 5.52. The van der Waals surface area contributed by atoms with Crippen molar-refractivity contribution in [1.82, 2.24) is 0 Å². The van der Waals surface area contributed by atoms with Crippen LogP contribution >= 0.6 is 0 Å². The Morgan fingerprint density at radius 2 is 1.88 bits per heavy atom. The lowest BCUT2D eigenvalue weighted by Crippen LogP contribution is -2.30. The topological polar surface area (TPSA) is 67.4 Å². The van der Waals surface area contributed by atoms with Crippen LogP contribution in [0.5, 0.6) is 5.75 Å². The van der Waals surface area contributed by atoms with E-state index < -0.39 is 17.8 Å². The summed E-state index contributed by atoms with van der Waals surface area (Å²) in [6.07, 6.45) is -0.810. The van der Waals surface area contributed by atoms with E-state index in [9.17, 15) is 14.0 Å². The van der Waals surface area contributed by atoms with Crippen molar-refractivity contribution in [2.45, 2.75) is 26.9 Å². The standard InChI is InChI=1S/C18H19FN2O3/c1-11-5-4-6-15(9-11)24-12(2)18(23)21-17-10-14(20-13(3)22)7-8-16(17)19/h4-10,12H,1-3H3,(H,20,22)(H,21,23). The summed E-state index contributed by atoms with van der Waals surface area (Å²) in [5.74, 6) is -0.809. The van der Waals surface area contributed by atoms with Gasteiger partial charge in [-0.3, -0.25) is 9.59 Å². The average molecular weight is 330 g/mol. The van der Waals surface area contributed by atoms with E-state index in [1.54, 1.807) is 13.0 Å². The summed E-state index contributed by atoms with van der Waals surface area (Å²) in [5.41, 5.74) is 1.38. The lowest BCUT2D eigenvalue weighted by Gasteiger charge is -2.16. The molecule has 0 aliphatic carbocycles. The fourth-order valence-corrected chi connectivity index (χ4v) is 2.08. The number of nitrogens with one attached hydrogen (secondary N) is 2. The van der Waals surface area contributed by atoms with Gasteiger partial charge in [-0.2, -0.15) is 0 Å². The Bertz CT molecular complexity index is 762. The van der Waals surface area contributed by atoms with Crippen LogP contribution in [0.4, 0.5) is 15.8 Å². The first-order chi connectivity index (χ1) is 11.3. The van der Waals surface area contributed by atoms with E-state index >= 15 is 0 Å². The van der Waals surface area contributed by atoms with Crippen LogP contribution in [0.25, 0.3) is 0 Å². The van der Waals surface area contributed by atoms with Gasteiger partial charge in [0.25, 0.3) is 5.91 Å². The predicted molar refractivity (Wildman–Crippen MR) is 90.6 cm³/mol. The summed E-state index contributed by atoms with van der Waals surface area (Å²) in [7, 11) is 0. The van der Waals surface area contributed by atoms with Gasteiger partial charge in [0.05, 0.1) is 5.69 Å². The second kappa shape index (κ2) is 7.59. The Morgan fingerprint density at radius 1 is 1.12 bits per heavy atom. The molecule has 2 aromatic carbocycles. The molecule has 1 unspecified atom stereocenters. The molecule has 0 heterocycles. The Morgan fingerprint density at radius 3 is 2.54 bits per heavy atom. The summed E-state index contributed by atoms with van der Waals surface area (Å²) in [5, 5.41) is 5.00. The number of carbonyl (C=O) groups is 2. The summed E-state index contributed by atoms with van der Waals surface area (Å²) in [6, 6.07) is 11.2. The van der Waals surface area contributed by atoms with Crippen LogP contribution in [0, 0.1) is 12.7 Å². The highest BCUT2D eigenvalue weighted by molar-refractivity contribution is 5.95. The average Bonchev–Trinajstić information content (AvgIpc) is 2.50. The molecule has 0 spiro atoms. The molecule has 0 bridgehead atoms. The van der Waals surface area contributed by atoms with Crippen molar-refractivity contribution in [3.8, 4) is 5.75 Å². The minimum atomic E-state index is -0.810. The molecule has 0 aromatic heterocycles. The van der Waals surface area contributed by atoms with Gasteiger partial charge < -0.3 is 15.4 Å². The second-order valence-electron chi connectivity index (χ2n) is 5.44. The minimum absolute atomic E-state index is 0.0223. The number of anilines is 2. The van der Waals surface area contributed by atoms with Crippen LogP contribution in [0.15, 0.2) is 42.5 Å². The molecule has 6 heteroatoms. The smallest absolute Gasteiger partial charge is 0.265 e. The van der Waals surface area contributed by atoms with Crippen LogP contribution in [-0.4, -0.2) is 17.9 Å². The van der Waals surface area contributed by atoms with Crippen molar-refractivity contribution in [1.29, 1.82) is 0 Å². The molecule has 2 rings (SSSR count). The van der Waals surface area contributed by atoms with Crippen molar-refractivity contribution in [2.24, 2.45) is 0 Å². The number of hydrogen-bond acceptors (Lipinski definition) is 3. The largest absolute Gasteiger partial charge is 0.481 e. The summed E-state index contributed by atoms with van der Waals surface area (Å²) < 4.78 is 19.4. The maximum atomic E-state index is 13.8. The fourth-order valence-electron chi connectivity index (χ4n) is 2.08. The molecule has 0 radical (unpaired) electrons. The van der Waals surface area contributed by atoms with Gasteiger partial charge in [0.15, 0.2) is 6.10 Å². The van der Waals surface area contributed by atoms with E-state index in [4.69, 9.17) is 4.74 Å². The Labute approximate surface area is 139 Å². The zero-order valence-electron chi connectivity index (χ0n) is 13.7. The summed E-state index contributed by atoms with van der Waals surface area (Å²) in [6.45, 7) is 4.84. The van der Waals surface area contributed by atoms with Crippen LogP contribution < -0.4 is 15.4 Å². The van der Waals surface area contributed by atoms with Gasteiger partial charge >= 0.3 is 0 Å². The molecule has 0 saturated heterocycles. The van der Waals surface area contributed by atoms with Crippen molar-refractivity contribution in [3.63, 3.8) is 0 Å². The highest BCUT2D eigenvalue weighted by Gasteiger charge is 2.17. The zero-order valence-corrected chi connectivity index (χ0v) is 13.7. The third-order valence-corrected chi connectivity index (χ3v) is 3.22. The molecule has 5 nitrogen and oxygen atoms in total. The monoisotopic (exact) mass is 330 g/mol. The third-order valence-electron chi connectivity index (χ3n) is 3.22. The normalized spacial score (nSPS) is 11.5. The molecule has 2 N–H and O–H groups in total. The first-order valence-electron chi connectivity index (χ1n) is 7.46. The maximum Gasteiger partial charge on any atom is 0.265 e. The molecule has 0 fully saturated rings. The third kappa shape index (κ3) is 4.81. The number of rotatable bonds is 5. The predicted octanol–water partition coefficient (Wildman–Crippen LogP) is 3.50. The maximum absolute atomic E-state index is 13.8. The van der Waals surface area contributed by atoms with E-state index in [-0.39, 0.29) is 11.6 Å². The zero-order chi connectivity index (χ0) is 17.7. The molecule has 0 aliphatic rings. The Balaban J connectivity index is 2.06. The fraction of sp³-hybridized carbons (Fsp3) is 0.222. The van der Waals surface area contributed by atoms with Crippen molar-refractivity contribution >= 4 is 23.2 Å². The number of aryl methyl sites for hydroxylation is 1. The second-order valence-corrected chi connectivity index (χ2v) is 5.44. The molecular weight excluding hydrogens is 311 g/mol. The van der Waals surface area contributed by atoms with E-state index in [0.717, 1.165) is 5.56 Å². The van der Waals surface area contributed by atoms with E-state index in [0.29, 0.717) is 11.4 Å². The number of hydrogen-bond donors (Lipinski definition) is 2. The molecule has 0 saturated carbocycles. The molecule has 126 valence electrons. The quantitative estimate of drug-likeness (QED) is 0.882. The number of amides is 2. The van der Waals surface area contributed by atoms with Crippen molar-refractivity contribution in [2.75, 3.05) is 10.6 Å². The van der Waals surface area contributed by atoms with Gasteiger partial charge in [-0.15, -0.1) is 0 Å². The van der Waals surface area contributed by atoms with Crippen LogP contribution in [0.1, 0.15) is 19.4 Å². The SMILES string of the molecule is CC(=O)Nc1ccc(F)c(NC(=O)C(C)Oc2cccc(C)c2)c1. The first-order valence-corrected chi connectivity index (χ1v) is 7.46. The van der Waals surface area contributed by atoms with Crippen molar-refractivity contribution < 1.29 is 18.7 Å². The highest BCUT2D eigenvalue weighted by Crippen LogP contribution is 2.21. The minimum Gasteiger partial charge on any atom is -0.481 e. The van der Waals surface area contributed by atoms with Gasteiger partial charge in [0.2, 0.25) is 5.91 Å². The summed E-state index contributed by atoms with van der Waals surface area (Å²) >= 11 is 0. The van der Waals surface area contributed by atoms with E-state index in [1.165, 1.54) is 25.1 Å². The first kappa shape index (κ1) is 17.5. The van der Waals surface area contributed by atoms with Crippen LogP contribution in [-0.2, 0) is 9.59 Å². The molecule has 0 aliphatic heterocycles. The van der Waals surface area contributed by atoms with Gasteiger partial charge in [0, 0.05) is 12.6 Å². The van der Waals surface area contributed by atoms with E-state index in [1.807, 2.05) is 25.1 Å². The van der Waals surface area contributed by atoms with Gasteiger partial charge in [-0.25, -0.2) is 4.39 Å². The molecule has 1 atom stereocenters. The molecule has 2 amide bonds.